The van der Waals surface area contributed by atoms with Crippen LogP contribution in [0.4, 0.5) is 0 Å². The summed E-state index contributed by atoms with van der Waals surface area (Å²) in [4.78, 5) is 4.19. The Morgan fingerprint density at radius 2 is 2.27 bits per heavy atom. The van der Waals surface area contributed by atoms with Crippen LogP contribution in [0.5, 0.6) is 0 Å². The zero-order valence-corrected chi connectivity index (χ0v) is 8.55. The summed E-state index contributed by atoms with van der Waals surface area (Å²) in [7, 11) is 0. The Balaban J connectivity index is 1.88. The minimum absolute atomic E-state index is 0.222. The average Bonchev–Trinajstić information content (AvgIpc) is 2.66. The number of aliphatic imine (C=N–C) groups is 1. The molecule has 15 heavy (non-hydrogen) atoms. The zero-order chi connectivity index (χ0) is 10.5. The molecule has 0 saturated carbocycles. The van der Waals surface area contributed by atoms with Crippen molar-refractivity contribution in [3.05, 3.63) is 35.9 Å². The Bertz CT molecular complexity index is 373. The molecule has 0 aromatic heterocycles. The minimum Gasteiger partial charge on any atom is -0.462 e. The summed E-state index contributed by atoms with van der Waals surface area (Å²) in [5.41, 5.74) is 3.80. The number of benzene rings is 1. The van der Waals surface area contributed by atoms with Crippen molar-refractivity contribution >= 4 is 12.2 Å². The first-order valence-corrected chi connectivity index (χ1v) is 4.89. The van der Waals surface area contributed by atoms with Crippen molar-refractivity contribution in [2.75, 3.05) is 6.61 Å². The van der Waals surface area contributed by atoms with Gasteiger partial charge in [-0.15, -0.1) is 0 Å². The number of ether oxygens (including phenoxy) is 1. The second-order valence-corrected chi connectivity index (χ2v) is 3.37. The maximum Gasteiger partial charge on any atom is 0.306 e. The van der Waals surface area contributed by atoms with Crippen LogP contribution in [0.3, 0.4) is 0 Å². The van der Waals surface area contributed by atoms with Gasteiger partial charge in [0.1, 0.15) is 6.61 Å². The molecule has 1 aliphatic rings. The van der Waals surface area contributed by atoms with Gasteiger partial charge < -0.3 is 4.74 Å². The maximum absolute atomic E-state index is 5.23. The molecule has 0 bridgehead atoms. The van der Waals surface area contributed by atoms with Crippen LogP contribution >= 0.6 is 0 Å². The highest BCUT2D eigenvalue weighted by Crippen LogP contribution is 2.00. The van der Waals surface area contributed by atoms with Gasteiger partial charge in [-0.05, 0) is 12.5 Å². The summed E-state index contributed by atoms with van der Waals surface area (Å²) >= 11 is 0. The van der Waals surface area contributed by atoms with E-state index in [0.717, 1.165) is 5.56 Å². The molecule has 1 aromatic rings. The third-order valence-corrected chi connectivity index (χ3v) is 1.97. The van der Waals surface area contributed by atoms with Crippen LogP contribution < -0.4 is 5.43 Å². The van der Waals surface area contributed by atoms with Crippen LogP contribution in [0.15, 0.2) is 40.4 Å². The predicted molar refractivity (Wildman–Crippen MR) is 60.0 cm³/mol. The standard InChI is InChI=1S/C11H13N3O/c1-9-8-15-11(13-9)14-12-7-10-5-3-2-4-6-10/h2-7,9H,8H2,1H3,(H,13,14). The van der Waals surface area contributed by atoms with Crippen molar-refractivity contribution in [3.8, 4) is 0 Å². The van der Waals surface area contributed by atoms with Gasteiger partial charge >= 0.3 is 6.02 Å². The lowest BCUT2D eigenvalue weighted by Gasteiger charge is -1.97. The zero-order valence-electron chi connectivity index (χ0n) is 8.55. The highest BCUT2D eigenvalue weighted by molar-refractivity contribution is 5.82. The highest BCUT2D eigenvalue weighted by atomic mass is 16.5. The third kappa shape index (κ3) is 2.80. The lowest BCUT2D eigenvalue weighted by Crippen LogP contribution is -2.17. The van der Waals surface area contributed by atoms with Gasteiger partial charge in [0.15, 0.2) is 0 Å². The van der Waals surface area contributed by atoms with Crippen molar-refractivity contribution in [3.63, 3.8) is 0 Å². The Morgan fingerprint density at radius 3 is 2.93 bits per heavy atom. The van der Waals surface area contributed by atoms with Crippen LogP contribution in [-0.4, -0.2) is 24.9 Å². The minimum atomic E-state index is 0.222. The fourth-order valence-electron chi connectivity index (χ4n) is 1.24. The van der Waals surface area contributed by atoms with Crippen LogP contribution in [0.1, 0.15) is 12.5 Å². The van der Waals surface area contributed by atoms with E-state index in [0.29, 0.717) is 12.6 Å². The van der Waals surface area contributed by atoms with Gasteiger partial charge in [0, 0.05) is 0 Å². The molecular formula is C11H13N3O. The second kappa shape index (κ2) is 4.59. The molecule has 1 aromatic carbocycles. The number of hydrazone groups is 1. The van der Waals surface area contributed by atoms with E-state index in [1.807, 2.05) is 37.3 Å². The van der Waals surface area contributed by atoms with E-state index in [4.69, 9.17) is 4.74 Å². The van der Waals surface area contributed by atoms with Crippen LogP contribution in [0, 0.1) is 0 Å². The molecular weight excluding hydrogens is 190 g/mol. The first-order chi connectivity index (χ1) is 7.34. The first-order valence-electron chi connectivity index (χ1n) is 4.89. The van der Waals surface area contributed by atoms with Crippen molar-refractivity contribution in [2.45, 2.75) is 13.0 Å². The van der Waals surface area contributed by atoms with Crippen molar-refractivity contribution < 1.29 is 4.74 Å². The number of nitrogens with one attached hydrogen (secondary N) is 1. The lowest BCUT2D eigenvalue weighted by molar-refractivity contribution is 0.311. The first kappa shape index (κ1) is 9.71. The number of hydrogen-bond donors (Lipinski definition) is 1. The summed E-state index contributed by atoms with van der Waals surface area (Å²) in [6.07, 6.45) is 1.73. The number of amidine groups is 1. The summed E-state index contributed by atoms with van der Waals surface area (Å²) in [6.45, 7) is 2.62. The molecule has 0 amide bonds. The van der Waals surface area contributed by atoms with Crippen molar-refractivity contribution in [1.29, 1.82) is 0 Å². The normalized spacial score (nSPS) is 20.1. The monoisotopic (exact) mass is 203 g/mol. The molecule has 0 radical (unpaired) electrons. The number of nitrogens with zero attached hydrogens (tertiary/aromatic N) is 2. The SMILES string of the molecule is CC1COC(NN=Cc2ccccc2)=N1. The van der Waals surface area contributed by atoms with Crippen molar-refractivity contribution in [1.82, 2.24) is 5.43 Å². The summed E-state index contributed by atoms with van der Waals surface area (Å²) < 4.78 is 5.23. The quantitative estimate of drug-likeness (QED) is 0.583. The Kier molecular flexibility index (Phi) is 2.97. The topological polar surface area (TPSA) is 46.0 Å². The Labute approximate surface area is 88.7 Å². The predicted octanol–water partition coefficient (Wildman–Crippen LogP) is 1.38. The molecule has 78 valence electrons. The molecule has 1 unspecified atom stereocenters. The smallest absolute Gasteiger partial charge is 0.306 e. The third-order valence-electron chi connectivity index (χ3n) is 1.97. The van der Waals surface area contributed by atoms with Crippen molar-refractivity contribution in [2.24, 2.45) is 10.1 Å². The molecule has 1 atom stereocenters. The van der Waals surface area contributed by atoms with E-state index in [9.17, 15) is 0 Å². The number of rotatable bonds is 2. The van der Waals surface area contributed by atoms with E-state index in [1.54, 1.807) is 6.21 Å². The fraction of sp³-hybridized carbons (Fsp3) is 0.273. The highest BCUT2D eigenvalue weighted by Gasteiger charge is 2.12. The van der Waals surface area contributed by atoms with E-state index in [1.165, 1.54) is 0 Å². The number of hydrogen-bond acceptors (Lipinski definition) is 4. The van der Waals surface area contributed by atoms with E-state index < -0.39 is 0 Å². The molecule has 0 aliphatic carbocycles. The Morgan fingerprint density at radius 1 is 1.47 bits per heavy atom. The van der Waals surface area contributed by atoms with Gasteiger partial charge in [-0.3, -0.25) is 0 Å². The van der Waals surface area contributed by atoms with E-state index in [-0.39, 0.29) is 6.04 Å². The lowest BCUT2D eigenvalue weighted by atomic mass is 10.2. The second-order valence-electron chi connectivity index (χ2n) is 3.37. The average molecular weight is 203 g/mol. The van der Waals surface area contributed by atoms with E-state index >= 15 is 0 Å². The van der Waals surface area contributed by atoms with E-state index in [2.05, 4.69) is 15.5 Å². The van der Waals surface area contributed by atoms with Crippen LogP contribution in [0.2, 0.25) is 0 Å². The summed E-state index contributed by atoms with van der Waals surface area (Å²) in [5, 5.41) is 4.03. The molecule has 1 N–H and O–H groups in total. The largest absolute Gasteiger partial charge is 0.462 e. The molecule has 0 fully saturated rings. The van der Waals surface area contributed by atoms with Crippen LogP contribution in [0.25, 0.3) is 0 Å². The van der Waals surface area contributed by atoms with Gasteiger partial charge in [0.05, 0.1) is 12.3 Å². The summed E-state index contributed by atoms with van der Waals surface area (Å²) in [5.74, 6) is 0. The fourth-order valence-corrected chi connectivity index (χ4v) is 1.24. The molecule has 4 heteroatoms. The van der Waals surface area contributed by atoms with Gasteiger partial charge in [0.2, 0.25) is 0 Å². The van der Waals surface area contributed by atoms with Crippen LogP contribution in [-0.2, 0) is 4.74 Å². The van der Waals surface area contributed by atoms with Gasteiger partial charge in [-0.1, -0.05) is 30.3 Å². The van der Waals surface area contributed by atoms with Gasteiger partial charge in [-0.2, -0.15) is 5.10 Å². The molecule has 1 heterocycles. The van der Waals surface area contributed by atoms with Gasteiger partial charge in [-0.25, -0.2) is 10.4 Å². The molecule has 0 spiro atoms. The molecule has 4 nitrogen and oxygen atoms in total. The summed E-state index contributed by atoms with van der Waals surface area (Å²) in [6, 6.07) is 10.6. The molecule has 1 aliphatic heterocycles. The molecule has 2 rings (SSSR count). The Hall–Kier alpha value is -1.84. The maximum atomic E-state index is 5.23. The molecule has 0 saturated heterocycles. The van der Waals surface area contributed by atoms with Gasteiger partial charge in [0.25, 0.3) is 0 Å².